The van der Waals surface area contributed by atoms with Crippen molar-refractivity contribution in [3.63, 3.8) is 0 Å². The topological polar surface area (TPSA) is 130 Å². The molecular formula is C20H22F3N8O2+. The fourth-order valence-electron chi connectivity index (χ4n) is 3.55. The first-order valence-corrected chi connectivity index (χ1v) is 10.3. The molecule has 0 radical (unpaired) electrons. The van der Waals surface area contributed by atoms with Crippen LogP contribution in [-0.2, 0) is 4.79 Å². The quantitative estimate of drug-likeness (QED) is 0.509. The molecule has 4 heterocycles. The maximum atomic E-state index is 13.0. The number of nitrogens with one attached hydrogen (secondary N) is 4. The average molecular weight is 463 g/mol. The molecule has 1 aliphatic heterocycles. The molecule has 1 fully saturated rings. The molecule has 174 valence electrons. The number of halogens is 3. The Bertz CT molecular complexity index is 1170. The van der Waals surface area contributed by atoms with Gasteiger partial charge >= 0.3 is 6.18 Å². The van der Waals surface area contributed by atoms with Gasteiger partial charge in [0.25, 0.3) is 17.9 Å². The molecule has 2 amide bonds. The number of H-pyrrole nitrogens is 2. The van der Waals surface area contributed by atoms with Gasteiger partial charge in [-0.25, -0.2) is 15.0 Å². The van der Waals surface area contributed by atoms with E-state index in [9.17, 15) is 22.8 Å². The minimum absolute atomic E-state index is 0.120. The lowest BCUT2D eigenvalue weighted by Gasteiger charge is -2.18. The summed E-state index contributed by atoms with van der Waals surface area (Å²) in [6.45, 7) is 1.19. The van der Waals surface area contributed by atoms with Gasteiger partial charge in [0, 0.05) is 25.4 Å². The van der Waals surface area contributed by atoms with Gasteiger partial charge in [-0.1, -0.05) is 0 Å². The maximum Gasteiger partial charge on any atom is 0.405 e. The SMILES string of the molecule is C[C@H](Nc1cc(C(=O)N2CCCC2)nc(-c2c[nH]c3nc[nH+]cc23)n1)C(=O)NCC(F)(F)F. The van der Waals surface area contributed by atoms with E-state index >= 15 is 0 Å². The highest BCUT2D eigenvalue weighted by Gasteiger charge is 2.29. The van der Waals surface area contributed by atoms with Crippen LogP contribution in [0.1, 0.15) is 30.3 Å². The van der Waals surface area contributed by atoms with Crippen molar-refractivity contribution in [1.82, 2.24) is 30.2 Å². The molecule has 0 aromatic carbocycles. The van der Waals surface area contributed by atoms with E-state index in [2.05, 4.69) is 30.2 Å². The lowest BCUT2D eigenvalue weighted by Crippen LogP contribution is -2.42. The van der Waals surface area contributed by atoms with Crippen LogP contribution in [0.5, 0.6) is 0 Å². The second kappa shape index (κ2) is 9.00. The number of hydrogen-bond donors (Lipinski definition) is 3. The first kappa shape index (κ1) is 22.4. The molecule has 13 heteroatoms. The van der Waals surface area contributed by atoms with Gasteiger partial charge in [0.1, 0.15) is 30.3 Å². The number of aromatic amines is 2. The van der Waals surface area contributed by atoms with E-state index in [0.717, 1.165) is 12.8 Å². The van der Waals surface area contributed by atoms with Crippen molar-refractivity contribution >= 4 is 28.7 Å². The first-order valence-electron chi connectivity index (χ1n) is 10.3. The summed E-state index contributed by atoms with van der Waals surface area (Å²) in [6.07, 6.45) is 2.13. The molecule has 1 aliphatic rings. The zero-order chi connectivity index (χ0) is 23.6. The van der Waals surface area contributed by atoms with E-state index in [1.807, 2.05) is 5.32 Å². The lowest BCUT2D eigenvalue weighted by molar-refractivity contribution is -0.380. The molecule has 0 aliphatic carbocycles. The predicted molar refractivity (Wildman–Crippen MR) is 111 cm³/mol. The minimum atomic E-state index is -4.52. The van der Waals surface area contributed by atoms with Gasteiger partial charge in [-0.3, -0.25) is 9.59 Å². The standard InChI is InChI=1S/C20H21F3N8O2/c1-11(18(32)26-9-20(21,22)23)28-15-6-14(19(33)31-4-2-3-5-31)29-17(30-15)13-8-25-16-12(13)7-24-10-27-16/h6-8,10-11H,2-5,9H2,1H3,(H,26,32)(H,24,25,27)(H,28,29,30)/p+1/t11-/m0/s1. The van der Waals surface area contributed by atoms with E-state index in [4.69, 9.17) is 0 Å². The van der Waals surface area contributed by atoms with Gasteiger partial charge in [0.15, 0.2) is 5.82 Å². The maximum absolute atomic E-state index is 13.0. The highest BCUT2D eigenvalue weighted by Crippen LogP contribution is 2.26. The summed E-state index contributed by atoms with van der Waals surface area (Å²) < 4.78 is 37.3. The zero-order valence-electron chi connectivity index (χ0n) is 17.7. The number of carbonyl (C=O) groups excluding carboxylic acids is 2. The Balaban J connectivity index is 1.66. The van der Waals surface area contributed by atoms with Crippen LogP contribution in [-0.4, -0.2) is 68.5 Å². The summed E-state index contributed by atoms with van der Waals surface area (Å²) in [5.74, 6) is -0.791. The molecule has 0 bridgehead atoms. The van der Waals surface area contributed by atoms with Crippen molar-refractivity contribution in [1.29, 1.82) is 0 Å². The molecule has 1 saturated heterocycles. The van der Waals surface area contributed by atoms with E-state index < -0.39 is 24.7 Å². The Morgan fingerprint density at radius 2 is 2.03 bits per heavy atom. The molecule has 3 aromatic heterocycles. The number of aromatic nitrogens is 5. The van der Waals surface area contributed by atoms with Crippen molar-refractivity contribution in [3.05, 3.63) is 30.5 Å². The fraction of sp³-hybridized carbons (Fsp3) is 0.400. The summed E-state index contributed by atoms with van der Waals surface area (Å²) in [7, 11) is 0. The second-order valence-corrected chi connectivity index (χ2v) is 7.69. The number of likely N-dealkylation sites (tertiary alicyclic amines) is 1. The van der Waals surface area contributed by atoms with E-state index in [1.165, 1.54) is 19.3 Å². The van der Waals surface area contributed by atoms with Crippen LogP contribution in [0, 0.1) is 0 Å². The molecule has 4 N–H and O–H groups in total. The molecule has 0 unspecified atom stereocenters. The van der Waals surface area contributed by atoms with Crippen LogP contribution in [0.4, 0.5) is 19.0 Å². The number of nitrogens with zero attached hydrogens (tertiary/aromatic N) is 4. The summed E-state index contributed by atoms with van der Waals surface area (Å²) >= 11 is 0. The summed E-state index contributed by atoms with van der Waals surface area (Å²) in [6, 6.07) is 0.361. The lowest BCUT2D eigenvalue weighted by atomic mass is 10.2. The fourth-order valence-corrected chi connectivity index (χ4v) is 3.55. The van der Waals surface area contributed by atoms with Crippen LogP contribution >= 0.6 is 0 Å². The average Bonchev–Trinajstić information content (AvgIpc) is 3.46. The normalized spacial score (nSPS) is 15.0. The number of rotatable bonds is 6. The zero-order valence-corrected chi connectivity index (χ0v) is 17.7. The van der Waals surface area contributed by atoms with Gasteiger partial charge in [-0.15, -0.1) is 0 Å². The number of carbonyl (C=O) groups is 2. The van der Waals surface area contributed by atoms with Gasteiger partial charge in [0.05, 0.1) is 10.9 Å². The third-order valence-corrected chi connectivity index (χ3v) is 5.19. The first-order chi connectivity index (χ1) is 15.7. The number of anilines is 1. The van der Waals surface area contributed by atoms with Gasteiger partial charge < -0.3 is 20.5 Å². The molecule has 1 atom stereocenters. The van der Waals surface area contributed by atoms with Gasteiger partial charge in [-0.05, 0) is 24.7 Å². The van der Waals surface area contributed by atoms with Gasteiger partial charge in [0.2, 0.25) is 5.91 Å². The molecule has 4 rings (SSSR count). The Labute approximate surface area is 186 Å². The summed E-state index contributed by atoms with van der Waals surface area (Å²) in [4.78, 5) is 45.7. The van der Waals surface area contributed by atoms with Crippen LogP contribution < -0.4 is 15.6 Å². The number of amides is 2. The van der Waals surface area contributed by atoms with E-state index in [1.54, 1.807) is 17.3 Å². The Kier molecular flexibility index (Phi) is 6.11. The Hall–Kier alpha value is -3.77. The highest BCUT2D eigenvalue weighted by atomic mass is 19.4. The minimum Gasteiger partial charge on any atom is -0.358 e. The Morgan fingerprint density at radius 3 is 2.76 bits per heavy atom. The Morgan fingerprint density at radius 1 is 1.27 bits per heavy atom. The predicted octanol–water partition coefficient (Wildman–Crippen LogP) is 1.55. The van der Waals surface area contributed by atoms with Crippen molar-refractivity contribution in [3.8, 4) is 11.4 Å². The van der Waals surface area contributed by atoms with Crippen molar-refractivity contribution < 1.29 is 27.7 Å². The second-order valence-electron chi connectivity index (χ2n) is 7.69. The van der Waals surface area contributed by atoms with Gasteiger partial charge in [-0.2, -0.15) is 13.2 Å². The highest BCUT2D eigenvalue weighted by molar-refractivity contribution is 5.95. The number of hydrogen-bond acceptors (Lipinski definition) is 6. The molecular weight excluding hydrogens is 441 g/mol. The van der Waals surface area contributed by atoms with Crippen LogP contribution in [0.15, 0.2) is 24.8 Å². The molecule has 0 spiro atoms. The van der Waals surface area contributed by atoms with Crippen LogP contribution in [0.25, 0.3) is 22.4 Å². The molecule has 3 aromatic rings. The van der Waals surface area contributed by atoms with Crippen LogP contribution in [0.2, 0.25) is 0 Å². The smallest absolute Gasteiger partial charge is 0.358 e. The summed E-state index contributed by atoms with van der Waals surface area (Å²) in [5.41, 5.74) is 1.27. The van der Waals surface area contributed by atoms with Crippen molar-refractivity contribution in [2.75, 3.05) is 25.0 Å². The molecule has 10 nitrogen and oxygen atoms in total. The number of fused-ring (bicyclic) bond motifs is 1. The summed E-state index contributed by atoms with van der Waals surface area (Å²) in [5, 5.41) is 5.29. The third kappa shape index (κ3) is 5.18. The van der Waals surface area contributed by atoms with E-state index in [0.29, 0.717) is 29.7 Å². The monoisotopic (exact) mass is 463 g/mol. The van der Waals surface area contributed by atoms with E-state index in [-0.39, 0.29) is 23.2 Å². The van der Waals surface area contributed by atoms with Crippen LogP contribution in [0.3, 0.4) is 0 Å². The molecule has 0 saturated carbocycles. The van der Waals surface area contributed by atoms with Crippen molar-refractivity contribution in [2.45, 2.75) is 32.0 Å². The largest absolute Gasteiger partial charge is 0.405 e. The third-order valence-electron chi connectivity index (χ3n) is 5.19. The van der Waals surface area contributed by atoms with Crippen molar-refractivity contribution in [2.24, 2.45) is 0 Å². The number of alkyl halides is 3. The molecule has 33 heavy (non-hydrogen) atoms.